The highest BCUT2D eigenvalue weighted by Crippen LogP contribution is 2.34. The lowest BCUT2D eigenvalue weighted by molar-refractivity contribution is -0.408. The van der Waals surface area contributed by atoms with Gasteiger partial charge in [0.15, 0.2) is 0 Å². The maximum atomic E-state index is 5.62. The largest absolute Gasteiger partial charge is 0.228 e. The highest BCUT2D eigenvalue weighted by atomic mass is 17.2. The summed E-state index contributed by atoms with van der Waals surface area (Å²) in [6.45, 7) is 9.96. The topological polar surface area (TPSA) is 43.2 Å². The first-order valence-corrected chi connectivity index (χ1v) is 6.62. The molecular formula is C13H26N2O2. The zero-order chi connectivity index (χ0) is 12.9. The van der Waals surface area contributed by atoms with Gasteiger partial charge < -0.3 is 0 Å². The SMILES string of the molecule is CC(C)N=NC1(OOC(C)(C)C)CCCCC1. The maximum Gasteiger partial charge on any atom is 0.212 e. The Bertz CT molecular complexity index is 251. The Morgan fingerprint density at radius 3 is 2.12 bits per heavy atom. The summed E-state index contributed by atoms with van der Waals surface area (Å²) in [4.78, 5) is 11.1. The minimum absolute atomic E-state index is 0.201. The third kappa shape index (κ3) is 5.59. The molecule has 1 fully saturated rings. The minimum Gasteiger partial charge on any atom is -0.228 e. The van der Waals surface area contributed by atoms with E-state index in [-0.39, 0.29) is 11.6 Å². The molecule has 1 aliphatic carbocycles. The Morgan fingerprint density at radius 2 is 1.65 bits per heavy atom. The normalized spacial score (nSPS) is 21.3. The zero-order valence-electron chi connectivity index (χ0n) is 11.8. The molecule has 4 heteroatoms. The van der Waals surface area contributed by atoms with E-state index in [0.29, 0.717) is 0 Å². The van der Waals surface area contributed by atoms with E-state index in [0.717, 1.165) is 25.7 Å². The molecule has 0 aromatic heterocycles. The summed E-state index contributed by atoms with van der Waals surface area (Å²) in [6.07, 6.45) is 5.31. The lowest BCUT2D eigenvalue weighted by Crippen LogP contribution is -2.36. The van der Waals surface area contributed by atoms with Gasteiger partial charge >= 0.3 is 0 Å². The smallest absolute Gasteiger partial charge is 0.212 e. The van der Waals surface area contributed by atoms with Crippen LogP contribution in [0.5, 0.6) is 0 Å². The predicted octanol–water partition coefficient (Wildman–Crippen LogP) is 4.25. The summed E-state index contributed by atoms with van der Waals surface area (Å²) in [6, 6.07) is 0.201. The van der Waals surface area contributed by atoms with E-state index in [4.69, 9.17) is 9.78 Å². The molecule has 4 nitrogen and oxygen atoms in total. The van der Waals surface area contributed by atoms with E-state index < -0.39 is 5.72 Å². The standard InChI is InChI=1S/C13H26N2O2/c1-11(2)14-15-13(9-7-6-8-10-13)17-16-12(3,4)5/h11H,6-10H2,1-5H3. The average Bonchev–Trinajstić information content (AvgIpc) is 2.25. The van der Waals surface area contributed by atoms with Crippen molar-refractivity contribution in [3.8, 4) is 0 Å². The summed E-state index contributed by atoms with van der Waals surface area (Å²) in [5.74, 6) is 0. The van der Waals surface area contributed by atoms with Gasteiger partial charge in [-0.15, -0.1) is 0 Å². The molecule has 0 unspecified atom stereocenters. The maximum absolute atomic E-state index is 5.62. The fraction of sp³-hybridized carbons (Fsp3) is 1.00. The van der Waals surface area contributed by atoms with Crippen LogP contribution < -0.4 is 0 Å². The summed E-state index contributed by atoms with van der Waals surface area (Å²) >= 11 is 0. The molecule has 0 radical (unpaired) electrons. The number of azo groups is 1. The van der Waals surface area contributed by atoms with Crippen LogP contribution in [0.15, 0.2) is 10.2 Å². The van der Waals surface area contributed by atoms with Crippen molar-refractivity contribution < 1.29 is 9.78 Å². The zero-order valence-corrected chi connectivity index (χ0v) is 11.8. The molecular weight excluding hydrogens is 216 g/mol. The minimum atomic E-state index is -0.546. The lowest BCUT2D eigenvalue weighted by atomic mass is 9.92. The molecule has 0 saturated heterocycles. The van der Waals surface area contributed by atoms with E-state index in [9.17, 15) is 0 Å². The number of rotatable bonds is 4. The van der Waals surface area contributed by atoms with Gasteiger partial charge in [-0.3, -0.25) is 0 Å². The van der Waals surface area contributed by atoms with Crippen LogP contribution in [0.4, 0.5) is 0 Å². The van der Waals surface area contributed by atoms with E-state index >= 15 is 0 Å². The van der Waals surface area contributed by atoms with Crippen LogP contribution >= 0.6 is 0 Å². The van der Waals surface area contributed by atoms with Gasteiger partial charge in [0.25, 0.3) is 0 Å². The molecule has 0 aliphatic heterocycles. The third-order valence-corrected chi connectivity index (χ3v) is 2.55. The Hall–Kier alpha value is -0.480. The molecule has 100 valence electrons. The Morgan fingerprint density at radius 1 is 1.06 bits per heavy atom. The van der Waals surface area contributed by atoms with Gasteiger partial charge in [0, 0.05) is 12.8 Å². The number of hydrogen-bond acceptors (Lipinski definition) is 4. The van der Waals surface area contributed by atoms with Crippen LogP contribution in [0.25, 0.3) is 0 Å². The Labute approximate surface area is 105 Å². The van der Waals surface area contributed by atoms with Crippen molar-refractivity contribution in [2.24, 2.45) is 10.2 Å². The second-order valence-corrected chi connectivity index (χ2v) is 6.10. The molecule has 1 aliphatic rings. The van der Waals surface area contributed by atoms with Crippen LogP contribution in [-0.4, -0.2) is 17.4 Å². The quantitative estimate of drug-likeness (QED) is 0.420. The molecule has 0 atom stereocenters. The molecule has 17 heavy (non-hydrogen) atoms. The van der Waals surface area contributed by atoms with Crippen molar-refractivity contribution in [1.29, 1.82) is 0 Å². The average molecular weight is 242 g/mol. The van der Waals surface area contributed by atoms with Gasteiger partial charge in [-0.2, -0.15) is 10.2 Å². The first-order valence-electron chi connectivity index (χ1n) is 6.62. The first kappa shape index (κ1) is 14.6. The summed E-state index contributed by atoms with van der Waals surface area (Å²) < 4.78 is 0. The monoisotopic (exact) mass is 242 g/mol. The molecule has 0 bridgehead atoms. The Balaban J connectivity index is 2.65. The summed E-state index contributed by atoms with van der Waals surface area (Å²) in [5, 5.41) is 8.64. The molecule has 1 saturated carbocycles. The number of nitrogens with zero attached hydrogens (tertiary/aromatic N) is 2. The highest BCUT2D eigenvalue weighted by Gasteiger charge is 2.36. The predicted molar refractivity (Wildman–Crippen MR) is 67.7 cm³/mol. The van der Waals surface area contributed by atoms with Crippen molar-refractivity contribution in [2.75, 3.05) is 0 Å². The molecule has 0 aromatic carbocycles. The summed E-state index contributed by atoms with van der Waals surface area (Å²) in [5.41, 5.74) is -0.854. The van der Waals surface area contributed by atoms with Gasteiger partial charge in [-0.25, -0.2) is 9.78 Å². The molecule has 0 N–H and O–H groups in total. The van der Waals surface area contributed by atoms with Crippen molar-refractivity contribution in [3.05, 3.63) is 0 Å². The fourth-order valence-electron chi connectivity index (χ4n) is 1.73. The van der Waals surface area contributed by atoms with Crippen molar-refractivity contribution >= 4 is 0 Å². The second-order valence-electron chi connectivity index (χ2n) is 6.10. The van der Waals surface area contributed by atoms with E-state index in [1.807, 2.05) is 34.6 Å². The molecule has 0 aromatic rings. The van der Waals surface area contributed by atoms with Gasteiger partial charge in [-0.05, 0) is 47.5 Å². The van der Waals surface area contributed by atoms with Crippen LogP contribution in [0, 0.1) is 0 Å². The van der Waals surface area contributed by atoms with E-state index in [2.05, 4.69) is 10.2 Å². The van der Waals surface area contributed by atoms with Crippen LogP contribution in [0.1, 0.15) is 66.7 Å². The second kappa shape index (κ2) is 5.91. The molecule has 0 heterocycles. The van der Waals surface area contributed by atoms with E-state index in [1.165, 1.54) is 6.42 Å². The van der Waals surface area contributed by atoms with Gasteiger partial charge in [0.1, 0.15) is 0 Å². The van der Waals surface area contributed by atoms with Gasteiger partial charge in [0.2, 0.25) is 5.72 Å². The van der Waals surface area contributed by atoms with Crippen molar-refractivity contribution in [1.82, 2.24) is 0 Å². The summed E-state index contributed by atoms with van der Waals surface area (Å²) in [7, 11) is 0. The third-order valence-electron chi connectivity index (χ3n) is 2.55. The van der Waals surface area contributed by atoms with Crippen LogP contribution in [-0.2, 0) is 9.78 Å². The van der Waals surface area contributed by atoms with Gasteiger partial charge in [0.05, 0.1) is 11.6 Å². The Kier molecular flexibility index (Phi) is 5.07. The highest BCUT2D eigenvalue weighted by molar-refractivity contribution is 4.80. The fourth-order valence-corrected chi connectivity index (χ4v) is 1.73. The van der Waals surface area contributed by atoms with Gasteiger partial charge in [-0.1, -0.05) is 6.42 Å². The molecule has 0 spiro atoms. The van der Waals surface area contributed by atoms with E-state index in [1.54, 1.807) is 0 Å². The molecule has 0 amide bonds. The van der Waals surface area contributed by atoms with Crippen molar-refractivity contribution in [2.45, 2.75) is 84.1 Å². The van der Waals surface area contributed by atoms with Crippen LogP contribution in [0.3, 0.4) is 0 Å². The lowest BCUT2D eigenvalue weighted by Gasteiger charge is -2.33. The van der Waals surface area contributed by atoms with Crippen molar-refractivity contribution in [3.63, 3.8) is 0 Å². The number of hydrogen-bond donors (Lipinski definition) is 0. The first-order chi connectivity index (χ1) is 7.83. The molecule has 1 rings (SSSR count). The van der Waals surface area contributed by atoms with Crippen LogP contribution in [0.2, 0.25) is 0 Å².